The minimum atomic E-state index is -0.827. The van der Waals surface area contributed by atoms with Crippen molar-refractivity contribution < 1.29 is 19.0 Å². The van der Waals surface area contributed by atoms with E-state index in [0.29, 0.717) is 12.4 Å². The van der Waals surface area contributed by atoms with E-state index in [0.717, 1.165) is 18.4 Å². The lowest BCUT2D eigenvalue weighted by Gasteiger charge is -2.20. The van der Waals surface area contributed by atoms with Crippen LogP contribution in [0.3, 0.4) is 0 Å². The van der Waals surface area contributed by atoms with Crippen molar-refractivity contribution in [3.05, 3.63) is 29.6 Å². The van der Waals surface area contributed by atoms with E-state index in [1.54, 1.807) is 13.0 Å². The number of fused-ring (bicyclic) bond motifs is 1. The van der Waals surface area contributed by atoms with Gasteiger partial charge >= 0.3 is 5.97 Å². The summed E-state index contributed by atoms with van der Waals surface area (Å²) >= 11 is 0. The maximum atomic E-state index is 13.1. The van der Waals surface area contributed by atoms with Crippen molar-refractivity contribution in [1.29, 1.82) is 0 Å². The Balaban J connectivity index is 2.39. The molecule has 2 atom stereocenters. The highest BCUT2D eigenvalue weighted by molar-refractivity contribution is 5.71. The Morgan fingerprint density at radius 2 is 2.35 bits per heavy atom. The molecule has 0 fully saturated rings. The van der Waals surface area contributed by atoms with Crippen molar-refractivity contribution >= 4 is 5.97 Å². The quantitative estimate of drug-likeness (QED) is 0.861. The molecule has 1 aromatic rings. The van der Waals surface area contributed by atoms with Crippen molar-refractivity contribution in [2.75, 3.05) is 6.61 Å². The Labute approximate surface area is 99.2 Å². The molecule has 0 aromatic heterocycles. The van der Waals surface area contributed by atoms with E-state index in [1.807, 2.05) is 0 Å². The minimum absolute atomic E-state index is 0.106. The highest BCUT2D eigenvalue weighted by atomic mass is 19.1. The molecule has 2 rings (SSSR count). The Morgan fingerprint density at radius 3 is 3.06 bits per heavy atom. The van der Waals surface area contributed by atoms with E-state index >= 15 is 0 Å². The predicted molar refractivity (Wildman–Crippen MR) is 60.7 cm³/mol. The topological polar surface area (TPSA) is 46.5 Å². The molecule has 0 saturated carbocycles. The average Bonchev–Trinajstić information content (AvgIpc) is 2.49. The minimum Gasteiger partial charge on any atom is -0.493 e. The van der Waals surface area contributed by atoms with Gasteiger partial charge in [0.15, 0.2) is 0 Å². The molecule has 92 valence electrons. The maximum absolute atomic E-state index is 13.1. The number of halogens is 1. The molecule has 1 N–H and O–H groups in total. The van der Waals surface area contributed by atoms with Gasteiger partial charge in [0.2, 0.25) is 0 Å². The molecule has 4 heteroatoms. The SMILES string of the molecule is CC(C(=O)O)C1CCCOc2cc(F)ccc21. The standard InChI is InChI=1S/C13H15FO3/c1-8(13(15)16)10-3-2-6-17-12-7-9(14)4-5-11(10)12/h4-5,7-8,10H,2-3,6H2,1H3,(H,15,16). The van der Waals surface area contributed by atoms with Gasteiger partial charge in [0.1, 0.15) is 11.6 Å². The van der Waals surface area contributed by atoms with Crippen LogP contribution in [0.1, 0.15) is 31.2 Å². The summed E-state index contributed by atoms with van der Waals surface area (Å²) in [7, 11) is 0. The summed E-state index contributed by atoms with van der Waals surface area (Å²) in [5, 5.41) is 9.09. The lowest BCUT2D eigenvalue weighted by Crippen LogP contribution is -2.18. The van der Waals surface area contributed by atoms with Crippen LogP contribution in [0, 0.1) is 11.7 Å². The molecular weight excluding hydrogens is 223 g/mol. The van der Waals surface area contributed by atoms with Crippen molar-refractivity contribution in [2.45, 2.75) is 25.7 Å². The third kappa shape index (κ3) is 2.40. The van der Waals surface area contributed by atoms with Gasteiger partial charge in [-0.15, -0.1) is 0 Å². The molecule has 1 aliphatic rings. The van der Waals surface area contributed by atoms with Crippen LogP contribution >= 0.6 is 0 Å². The van der Waals surface area contributed by atoms with Gasteiger partial charge in [-0.2, -0.15) is 0 Å². The van der Waals surface area contributed by atoms with E-state index < -0.39 is 11.9 Å². The summed E-state index contributed by atoms with van der Waals surface area (Å²) in [5.74, 6) is -1.29. The second kappa shape index (κ2) is 4.73. The van der Waals surface area contributed by atoms with Gasteiger partial charge in [-0.25, -0.2) is 4.39 Å². The van der Waals surface area contributed by atoms with Gasteiger partial charge in [-0.3, -0.25) is 4.79 Å². The molecule has 0 amide bonds. The monoisotopic (exact) mass is 238 g/mol. The molecule has 1 aromatic carbocycles. The van der Waals surface area contributed by atoms with Crippen molar-refractivity contribution in [1.82, 2.24) is 0 Å². The lowest BCUT2D eigenvalue weighted by atomic mass is 9.84. The third-order valence-corrected chi connectivity index (χ3v) is 3.29. The molecule has 2 unspecified atom stereocenters. The molecule has 0 spiro atoms. The fraction of sp³-hybridized carbons (Fsp3) is 0.462. The molecule has 0 bridgehead atoms. The van der Waals surface area contributed by atoms with Crippen molar-refractivity contribution in [2.24, 2.45) is 5.92 Å². The van der Waals surface area contributed by atoms with Gasteiger partial charge < -0.3 is 9.84 Å². The van der Waals surface area contributed by atoms with Crippen LogP contribution in [-0.4, -0.2) is 17.7 Å². The molecule has 0 saturated heterocycles. The first-order valence-corrected chi connectivity index (χ1v) is 5.74. The summed E-state index contributed by atoms with van der Waals surface area (Å²) in [6, 6.07) is 4.33. The first-order valence-electron chi connectivity index (χ1n) is 5.74. The first kappa shape index (κ1) is 11.9. The number of rotatable bonds is 2. The largest absolute Gasteiger partial charge is 0.493 e. The van der Waals surface area contributed by atoms with Gasteiger partial charge in [-0.05, 0) is 24.5 Å². The molecular formula is C13H15FO3. The maximum Gasteiger partial charge on any atom is 0.306 e. The second-order valence-electron chi connectivity index (χ2n) is 4.41. The molecule has 17 heavy (non-hydrogen) atoms. The summed E-state index contributed by atoms with van der Waals surface area (Å²) in [6.45, 7) is 2.20. The zero-order valence-electron chi connectivity index (χ0n) is 9.65. The van der Waals surface area contributed by atoms with Gasteiger partial charge in [-0.1, -0.05) is 13.0 Å². The zero-order chi connectivity index (χ0) is 12.4. The van der Waals surface area contributed by atoms with Crippen LogP contribution < -0.4 is 4.74 Å². The summed E-state index contributed by atoms with van der Waals surface area (Å²) in [4.78, 5) is 11.1. The summed E-state index contributed by atoms with van der Waals surface area (Å²) in [5.41, 5.74) is 0.804. The van der Waals surface area contributed by atoms with Crippen LogP contribution in [0.25, 0.3) is 0 Å². The van der Waals surface area contributed by atoms with E-state index in [4.69, 9.17) is 9.84 Å². The number of aliphatic carboxylic acids is 1. The number of hydrogen-bond acceptors (Lipinski definition) is 2. The van der Waals surface area contributed by atoms with Gasteiger partial charge in [0.25, 0.3) is 0 Å². The Morgan fingerprint density at radius 1 is 1.59 bits per heavy atom. The molecule has 1 aliphatic heterocycles. The Kier molecular flexibility index (Phi) is 3.31. The zero-order valence-corrected chi connectivity index (χ0v) is 9.65. The normalized spacial score (nSPS) is 20.9. The number of ether oxygens (including phenoxy) is 1. The number of carboxylic acid groups (broad SMARTS) is 1. The van der Waals surface area contributed by atoms with Crippen LogP contribution in [0.2, 0.25) is 0 Å². The molecule has 3 nitrogen and oxygen atoms in total. The van der Waals surface area contributed by atoms with Crippen LogP contribution in [0.4, 0.5) is 4.39 Å². The second-order valence-corrected chi connectivity index (χ2v) is 4.41. The van der Waals surface area contributed by atoms with E-state index in [2.05, 4.69) is 0 Å². The summed E-state index contributed by atoms with van der Waals surface area (Å²) < 4.78 is 18.6. The van der Waals surface area contributed by atoms with Crippen molar-refractivity contribution in [3.63, 3.8) is 0 Å². The van der Waals surface area contributed by atoms with Crippen molar-refractivity contribution in [3.8, 4) is 5.75 Å². The smallest absolute Gasteiger partial charge is 0.306 e. The number of carboxylic acids is 1. The first-order chi connectivity index (χ1) is 8.09. The van der Waals surface area contributed by atoms with Crippen LogP contribution in [0.15, 0.2) is 18.2 Å². The predicted octanol–water partition coefficient (Wildman–Crippen LogP) is 2.80. The molecule has 1 heterocycles. The van der Waals surface area contributed by atoms with E-state index in [9.17, 15) is 9.18 Å². The van der Waals surface area contributed by atoms with Crippen LogP contribution in [0.5, 0.6) is 5.75 Å². The van der Waals surface area contributed by atoms with Gasteiger partial charge in [0, 0.05) is 12.0 Å². The van der Waals surface area contributed by atoms with E-state index in [1.165, 1.54) is 12.1 Å². The number of carbonyl (C=O) groups is 1. The lowest BCUT2D eigenvalue weighted by molar-refractivity contribution is -0.141. The fourth-order valence-corrected chi connectivity index (χ4v) is 2.27. The fourth-order valence-electron chi connectivity index (χ4n) is 2.27. The number of benzene rings is 1. The number of hydrogen-bond donors (Lipinski definition) is 1. The van der Waals surface area contributed by atoms with Gasteiger partial charge in [0.05, 0.1) is 12.5 Å². The van der Waals surface area contributed by atoms with Crippen LogP contribution in [-0.2, 0) is 4.79 Å². The molecule has 0 aliphatic carbocycles. The highest BCUT2D eigenvalue weighted by Gasteiger charge is 2.29. The molecule has 0 radical (unpaired) electrons. The Bertz CT molecular complexity index is 431. The third-order valence-electron chi connectivity index (χ3n) is 3.29. The summed E-state index contributed by atoms with van der Waals surface area (Å²) in [6.07, 6.45) is 1.55. The average molecular weight is 238 g/mol. The Hall–Kier alpha value is -1.58. The highest BCUT2D eigenvalue weighted by Crippen LogP contribution is 2.38. The van der Waals surface area contributed by atoms with E-state index in [-0.39, 0.29) is 11.7 Å².